The van der Waals surface area contributed by atoms with Crippen LogP contribution in [0, 0.1) is 0 Å². The molecule has 4 heteroatoms. The number of carbonyl (C=O) groups is 1. The van der Waals surface area contributed by atoms with Crippen molar-refractivity contribution in [2.75, 3.05) is 26.0 Å². The maximum atomic E-state index is 11.9. The third kappa shape index (κ3) is 2.76. The second-order valence-electron chi connectivity index (χ2n) is 3.72. The highest BCUT2D eigenvalue weighted by Crippen LogP contribution is 2.09. The molecule has 0 aliphatic carbocycles. The van der Waals surface area contributed by atoms with Crippen LogP contribution >= 0.6 is 0 Å². The lowest BCUT2D eigenvalue weighted by molar-refractivity contribution is -0.122. The van der Waals surface area contributed by atoms with Gasteiger partial charge in [0.25, 0.3) is 0 Å². The van der Waals surface area contributed by atoms with Crippen LogP contribution in [-0.4, -0.2) is 43.0 Å². The molecule has 1 aromatic heterocycles. The molecule has 1 rings (SSSR count). The smallest absolute Gasteiger partial charge is 0.244 e. The van der Waals surface area contributed by atoms with E-state index in [2.05, 4.69) is 4.98 Å². The van der Waals surface area contributed by atoms with Crippen LogP contribution in [0.5, 0.6) is 0 Å². The first kappa shape index (κ1) is 11.7. The van der Waals surface area contributed by atoms with E-state index in [9.17, 15) is 4.79 Å². The Kier molecular flexibility index (Phi) is 3.80. The van der Waals surface area contributed by atoms with E-state index in [4.69, 9.17) is 0 Å². The molecule has 1 amide bonds. The Morgan fingerprint density at radius 3 is 2.47 bits per heavy atom. The number of nitrogens with zero attached hydrogens (tertiary/aromatic N) is 3. The first-order chi connectivity index (χ1) is 7.04. The highest BCUT2D eigenvalue weighted by molar-refractivity contribution is 5.95. The standard InChI is InChI=1S/C11H17N3O/c1-9(13(2)3)11(15)14(4)10-7-5-6-8-12-10/h5-9H,1-4H3/t9-/m0/s1. The lowest BCUT2D eigenvalue weighted by Gasteiger charge is -2.24. The average molecular weight is 207 g/mol. The molecule has 0 aromatic carbocycles. The van der Waals surface area contributed by atoms with Crippen molar-refractivity contribution in [3.05, 3.63) is 24.4 Å². The van der Waals surface area contributed by atoms with Crippen LogP contribution < -0.4 is 4.90 Å². The van der Waals surface area contributed by atoms with Crippen molar-refractivity contribution in [1.29, 1.82) is 0 Å². The molecule has 82 valence electrons. The van der Waals surface area contributed by atoms with E-state index in [0.717, 1.165) is 0 Å². The fraction of sp³-hybridized carbons (Fsp3) is 0.455. The van der Waals surface area contributed by atoms with Gasteiger partial charge in [-0.3, -0.25) is 14.6 Å². The van der Waals surface area contributed by atoms with Gasteiger partial charge in [-0.1, -0.05) is 6.07 Å². The minimum absolute atomic E-state index is 0.0405. The van der Waals surface area contributed by atoms with Crippen molar-refractivity contribution in [3.63, 3.8) is 0 Å². The molecule has 0 spiro atoms. The molecule has 0 N–H and O–H groups in total. The summed E-state index contributed by atoms with van der Waals surface area (Å²) in [6, 6.07) is 5.38. The Hall–Kier alpha value is -1.42. The summed E-state index contributed by atoms with van der Waals surface area (Å²) in [4.78, 5) is 19.5. The quantitative estimate of drug-likeness (QED) is 0.741. The van der Waals surface area contributed by atoms with E-state index in [-0.39, 0.29) is 11.9 Å². The molecule has 1 atom stereocenters. The maximum absolute atomic E-state index is 11.9. The second-order valence-corrected chi connectivity index (χ2v) is 3.72. The molecule has 0 saturated heterocycles. The van der Waals surface area contributed by atoms with Crippen molar-refractivity contribution in [3.8, 4) is 0 Å². The fourth-order valence-electron chi connectivity index (χ4n) is 1.17. The molecular weight excluding hydrogens is 190 g/mol. The van der Waals surface area contributed by atoms with Crippen LogP contribution in [0.3, 0.4) is 0 Å². The lowest BCUT2D eigenvalue weighted by Crippen LogP contribution is -2.42. The third-order valence-electron chi connectivity index (χ3n) is 2.46. The number of anilines is 1. The monoisotopic (exact) mass is 207 g/mol. The minimum Gasteiger partial charge on any atom is -0.299 e. The van der Waals surface area contributed by atoms with Gasteiger partial charge in [-0.25, -0.2) is 4.98 Å². The molecule has 0 saturated carbocycles. The number of aromatic nitrogens is 1. The largest absolute Gasteiger partial charge is 0.299 e. The SMILES string of the molecule is C[C@@H](C(=O)N(C)c1ccccn1)N(C)C. The molecule has 1 aromatic rings. The fourth-order valence-corrected chi connectivity index (χ4v) is 1.17. The predicted octanol–water partition coefficient (Wildman–Crippen LogP) is 0.994. The molecule has 4 nitrogen and oxygen atoms in total. The number of amides is 1. The van der Waals surface area contributed by atoms with Crippen molar-refractivity contribution in [2.45, 2.75) is 13.0 Å². The number of rotatable bonds is 3. The van der Waals surface area contributed by atoms with E-state index < -0.39 is 0 Å². The summed E-state index contributed by atoms with van der Waals surface area (Å²) in [5.74, 6) is 0.718. The van der Waals surface area contributed by atoms with Gasteiger partial charge in [-0.05, 0) is 33.2 Å². The number of hydrogen-bond donors (Lipinski definition) is 0. The van der Waals surface area contributed by atoms with Crippen molar-refractivity contribution >= 4 is 11.7 Å². The van der Waals surface area contributed by atoms with Crippen molar-refractivity contribution < 1.29 is 4.79 Å². The number of pyridine rings is 1. The molecule has 0 unspecified atom stereocenters. The zero-order chi connectivity index (χ0) is 11.4. The Morgan fingerprint density at radius 1 is 1.33 bits per heavy atom. The predicted molar refractivity (Wildman–Crippen MR) is 60.8 cm³/mol. The zero-order valence-corrected chi connectivity index (χ0v) is 9.64. The van der Waals surface area contributed by atoms with E-state index >= 15 is 0 Å². The van der Waals surface area contributed by atoms with E-state index in [1.54, 1.807) is 18.1 Å². The highest BCUT2D eigenvalue weighted by atomic mass is 16.2. The van der Waals surface area contributed by atoms with Crippen LogP contribution in [-0.2, 0) is 4.79 Å². The molecular formula is C11H17N3O. The van der Waals surface area contributed by atoms with Gasteiger partial charge in [0, 0.05) is 13.2 Å². The maximum Gasteiger partial charge on any atom is 0.244 e. The van der Waals surface area contributed by atoms with Crippen molar-refractivity contribution in [1.82, 2.24) is 9.88 Å². The van der Waals surface area contributed by atoms with E-state index in [0.29, 0.717) is 5.82 Å². The van der Waals surface area contributed by atoms with Crippen LogP contribution in [0.4, 0.5) is 5.82 Å². The Balaban J connectivity index is 2.78. The van der Waals surface area contributed by atoms with Gasteiger partial charge in [0.1, 0.15) is 5.82 Å². The summed E-state index contributed by atoms with van der Waals surface area (Å²) in [6.07, 6.45) is 1.68. The summed E-state index contributed by atoms with van der Waals surface area (Å²) in [5, 5.41) is 0. The van der Waals surface area contributed by atoms with Gasteiger partial charge in [0.15, 0.2) is 0 Å². The van der Waals surface area contributed by atoms with Gasteiger partial charge in [-0.2, -0.15) is 0 Å². The molecule has 0 fully saturated rings. The van der Waals surface area contributed by atoms with Gasteiger partial charge < -0.3 is 0 Å². The third-order valence-corrected chi connectivity index (χ3v) is 2.46. The zero-order valence-electron chi connectivity index (χ0n) is 9.64. The van der Waals surface area contributed by atoms with Crippen LogP contribution in [0.15, 0.2) is 24.4 Å². The topological polar surface area (TPSA) is 36.4 Å². The molecule has 0 radical (unpaired) electrons. The molecule has 15 heavy (non-hydrogen) atoms. The Labute approximate surface area is 90.5 Å². The summed E-state index contributed by atoms with van der Waals surface area (Å²) >= 11 is 0. The molecule has 0 aliphatic heterocycles. The summed E-state index contributed by atoms with van der Waals surface area (Å²) in [7, 11) is 5.51. The summed E-state index contributed by atoms with van der Waals surface area (Å²) in [5.41, 5.74) is 0. The van der Waals surface area contributed by atoms with E-state index in [1.807, 2.05) is 44.1 Å². The minimum atomic E-state index is -0.142. The average Bonchev–Trinajstić information content (AvgIpc) is 2.27. The van der Waals surface area contributed by atoms with Crippen LogP contribution in [0.2, 0.25) is 0 Å². The Morgan fingerprint density at radius 2 is 2.00 bits per heavy atom. The van der Waals surface area contributed by atoms with Crippen LogP contribution in [0.25, 0.3) is 0 Å². The summed E-state index contributed by atoms with van der Waals surface area (Å²) < 4.78 is 0. The first-order valence-electron chi connectivity index (χ1n) is 4.89. The Bertz CT molecular complexity index is 324. The summed E-state index contributed by atoms with van der Waals surface area (Å²) in [6.45, 7) is 1.88. The first-order valence-corrected chi connectivity index (χ1v) is 4.89. The molecule has 0 aliphatic rings. The van der Waals surface area contributed by atoms with E-state index in [1.165, 1.54) is 0 Å². The normalized spacial score (nSPS) is 12.6. The lowest BCUT2D eigenvalue weighted by atomic mass is 10.2. The van der Waals surface area contributed by atoms with Gasteiger partial charge >= 0.3 is 0 Å². The molecule has 0 bridgehead atoms. The second kappa shape index (κ2) is 4.89. The van der Waals surface area contributed by atoms with Gasteiger partial charge in [0.05, 0.1) is 6.04 Å². The van der Waals surface area contributed by atoms with Gasteiger partial charge in [0.2, 0.25) is 5.91 Å². The number of hydrogen-bond acceptors (Lipinski definition) is 3. The van der Waals surface area contributed by atoms with Gasteiger partial charge in [-0.15, -0.1) is 0 Å². The van der Waals surface area contributed by atoms with Crippen molar-refractivity contribution in [2.24, 2.45) is 0 Å². The van der Waals surface area contributed by atoms with Crippen LogP contribution in [0.1, 0.15) is 6.92 Å². The number of likely N-dealkylation sites (N-methyl/N-ethyl adjacent to an activating group) is 2. The molecule has 1 heterocycles. The highest BCUT2D eigenvalue weighted by Gasteiger charge is 2.20. The number of carbonyl (C=O) groups excluding carboxylic acids is 1.